The Morgan fingerprint density at radius 2 is 1.65 bits per heavy atom. The van der Waals surface area contributed by atoms with Gasteiger partial charge in [-0.25, -0.2) is 9.97 Å². The zero-order chi connectivity index (χ0) is 12.4. The van der Waals surface area contributed by atoms with Crippen LogP contribution in [0.1, 0.15) is 17.0 Å². The summed E-state index contributed by atoms with van der Waals surface area (Å²) < 4.78 is 0. The number of rotatable bonds is 2. The summed E-state index contributed by atoms with van der Waals surface area (Å²) in [6.07, 6.45) is 3.72. The minimum absolute atomic E-state index is 1.04. The standard InChI is InChI=1S/C14H16N2S/c1-9-7-12(17-4)5-6-13(9)14-10(2)15-8-16-11(14)3/h5-8H,1-4H3. The van der Waals surface area contributed by atoms with Crippen molar-refractivity contribution in [2.75, 3.05) is 6.26 Å². The molecule has 2 aromatic rings. The molecular formula is C14H16N2S. The Kier molecular flexibility index (Phi) is 3.48. The first-order valence-electron chi connectivity index (χ1n) is 5.56. The van der Waals surface area contributed by atoms with Crippen molar-refractivity contribution >= 4 is 11.8 Å². The van der Waals surface area contributed by atoms with E-state index in [4.69, 9.17) is 0 Å². The highest BCUT2D eigenvalue weighted by molar-refractivity contribution is 7.98. The van der Waals surface area contributed by atoms with Crippen LogP contribution in [0.4, 0.5) is 0 Å². The highest BCUT2D eigenvalue weighted by atomic mass is 32.2. The molecule has 0 spiro atoms. The van der Waals surface area contributed by atoms with Crippen molar-refractivity contribution in [1.82, 2.24) is 9.97 Å². The molecule has 1 aromatic carbocycles. The van der Waals surface area contributed by atoms with Crippen molar-refractivity contribution < 1.29 is 0 Å². The van der Waals surface area contributed by atoms with Gasteiger partial charge < -0.3 is 0 Å². The molecule has 0 aliphatic heterocycles. The van der Waals surface area contributed by atoms with Crippen LogP contribution in [0.15, 0.2) is 29.4 Å². The van der Waals surface area contributed by atoms with Gasteiger partial charge in [-0.1, -0.05) is 6.07 Å². The maximum absolute atomic E-state index is 4.28. The normalized spacial score (nSPS) is 10.6. The first kappa shape index (κ1) is 12.1. The molecule has 0 aliphatic rings. The van der Waals surface area contributed by atoms with Crippen LogP contribution < -0.4 is 0 Å². The van der Waals surface area contributed by atoms with E-state index in [2.05, 4.69) is 41.3 Å². The summed E-state index contributed by atoms with van der Waals surface area (Å²) in [5.74, 6) is 0. The molecule has 88 valence electrons. The third-order valence-corrected chi connectivity index (χ3v) is 3.65. The summed E-state index contributed by atoms with van der Waals surface area (Å²) in [5, 5.41) is 0. The highest BCUT2D eigenvalue weighted by Crippen LogP contribution is 2.30. The number of benzene rings is 1. The fourth-order valence-electron chi connectivity index (χ4n) is 2.03. The first-order chi connectivity index (χ1) is 8.13. The molecule has 0 fully saturated rings. The lowest BCUT2D eigenvalue weighted by molar-refractivity contribution is 1.06. The first-order valence-corrected chi connectivity index (χ1v) is 6.79. The molecule has 3 heteroatoms. The molecule has 0 saturated carbocycles. The lowest BCUT2D eigenvalue weighted by atomic mass is 9.98. The van der Waals surface area contributed by atoms with E-state index in [9.17, 15) is 0 Å². The van der Waals surface area contributed by atoms with E-state index >= 15 is 0 Å². The van der Waals surface area contributed by atoms with Gasteiger partial charge in [-0.2, -0.15) is 0 Å². The van der Waals surface area contributed by atoms with Crippen LogP contribution in [0.5, 0.6) is 0 Å². The number of thioether (sulfide) groups is 1. The second kappa shape index (κ2) is 4.88. The number of aryl methyl sites for hydroxylation is 3. The van der Waals surface area contributed by atoms with Crippen LogP contribution >= 0.6 is 11.8 Å². The predicted octanol–water partition coefficient (Wildman–Crippen LogP) is 3.79. The summed E-state index contributed by atoms with van der Waals surface area (Å²) in [5.41, 5.74) is 5.75. The molecule has 0 amide bonds. The third kappa shape index (κ3) is 2.34. The van der Waals surface area contributed by atoms with E-state index < -0.39 is 0 Å². The van der Waals surface area contributed by atoms with Gasteiger partial charge in [0, 0.05) is 21.8 Å². The third-order valence-electron chi connectivity index (χ3n) is 2.93. The number of hydrogen-bond acceptors (Lipinski definition) is 3. The SMILES string of the molecule is CSc1ccc(-c2c(C)ncnc2C)c(C)c1. The Morgan fingerprint density at radius 3 is 2.18 bits per heavy atom. The predicted molar refractivity (Wildman–Crippen MR) is 73.5 cm³/mol. The molecule has 2 rings (SSSR count). The topological polar surface area (TPSA) is 25.8 Å². The summed E-state index contributed by atoms with van der Waals surface area (Å²) in [6.45, 7) is 6.21. The van der Waals surface area contributed by atoms with Crippen molar-refractivity contribution in [3.05, 3.63) is 41.5 Å². The van der Waals surface area contributed by atoms with E-state index in [-0.39, 0.29) is 0 Å². The minimum Gasteiger partial charge on any atom is -0.241 e. The Labute approximate surface area is 107 Å². The molecule has 0 bridgehead atoms. The Hall–Kier alpha value is -1.35. The van der Waals surface area contributed by atoms with E-state index in [0.717, 1.165) is 17.0 Å². The van der Waals surface area contributed by atoms with Crippen molar-refractivity contribution in [1.29, 1.82) is 0 Å². The molecule has 0 atom stereocenters. The van der Waals surface area contributed by atoms with Crippen molar-refractivity contribution in [2.45, 2.75) is 25.7 Å². The summed E-state index contributed by atoms with van der Waals surface area (Å²) in [6, 6.07) is 6.53. The smallest absolute Gasteiger partial charge is 0.115 e. The van der Waals surface area contributed by atoms with Gasteiger partial charge in [0.25, 0.3) is 0 Å². The molecular weight excluding hydrogens is 228 g/mol. The van der Waals surface area contributed by atoms with E-state index in [1.807, 2.05) is 13.8 Å². The second-order valence-corrected chi connectivity index (χ2v) is 4.98. The number of hydrogen-bond donors (Lipinski definition) is 0. The minimum atomic E-state index is 1.04. The lowest BCUT2D eigenvalue weighted by Crippen LogP contribution is -1.96. The Bertz CT molecular complexity index is 530. The van der Waals surface area contributed by atoms with Gasteiger partial charge in [0.2, 0.25) is 0 Å². The van der Waals surface area contributed by atoms with Gasteiger partial charge in [0.1, 0.15) is 6.33 Å². The van der Waals surface area contributed by atoms with Crippen LogP contribution in [0.3, 0.4) is 0 Å². The van der Waals surface area contributed by atoms with Crippen molar-refractivity contribution in [3.8, 4) is 11.1 Å². The van der Waals surface area contributed by atoms with E-state index in [1.165, 1.54) is 16.0 Å². The van der Waals surface area contributed by atoms with Gasteiger partial charge in [0.05, 0.1) is 0 Å². The monoisotopic (exact) mass is 244 g/mol. The van der Waals surface area contributed by atoms with Crippen LogP contribution in [-0.2, 0) is 0 Å². The van der Waals surface area contributed by atoms with Crippen molar-refractivity contribution in [3.63, 3.8) is 0 Å². The molecule has 2 nitrogen and oxygen atoms in total. The molecule has 17 heavy (non-hydrogen) atoms. The van der Waals surface area contributed by atoms with Crippen molar-refractivity contribution in [2.24, 2.45) is 0 Å². The summed E-state index contributed by atoms with van der Waals surface area (Å²) in [7, 11) is 0. The largest absolute Gasteiger partial charge is 0.241 e. The second-order valence-electron chi connectivity index (χ2n) is 4.10. The molecule has 0 aliphatic carbocycles. The maximum atomic E-state index is 4.28. The van der Waals surface area contributed by atoms with Gasteiger partial charge in [-0.15, -0.1) is 11.8 Å². The molecule has 0 unspecified atom stereocenters. The summed E-state index contributed by atoms with van der Waals surface area (Å²) in [4.78, 5) is 9.86. The molecule has 0 N–H and O–H groups in total. The maximum Gasteiger partial charge on any atom is 0.115 e. The molecule has 1 heterocycles. The fourth-order valence-corrected chi connectivity index (χ4v) is 2.53. The van der Waals surface area contributed by atoms with Crippen LogP contribution in [-0.4, -0.2) is 16.2 Å². The highest BCUT2D eigenvalue weighted by Gasteiger charge is 2.10. The van der Waals surface area contributed by atoms with E-state index in [0.29, 0.717) is 0 Å². The summed E-state index contributed by atoms with van der Waals surface area (Å²) >= 11 is 1.76. The molecule has 1 aromatic heterocycles. The quantitative estimate of drug-likeness (QED) is 0.752. The lowest BCUT2D eigenvalue weighted by Gasteiger charge is -2.11. The zero-order valence-electron chi connectivity index (χ0n) is 10.6. The van der Waals surface area contributed by atoms with Gasteiger partial charge >= 0.3 is 0 Å². The number of aromatic nitrogens is 2. The Morgan fingerprint density at radius 1 is 1.00 bits per heavy atom. The number of nitrogens with zero attached hydrogens (tertiary/aromatic N) is 2. The average Bonchev–Trinajstić information content (AvgIpc) is 2.30. The van der Waals surface area contributed by atoms with Crippen LogP contribution in [0, 0.1) is 20.8 Å². The fraction of sp³-hybridized carbons (Fsp3) is 0.286. The van der Waals surface area contributed by atoms with Gasteiger partial charge in [-0.05, 0) is 50.3 Å². The van der Waals surface area contributed by atoms with E-state index in [1.54, 1.807) is 18.1 Å². The van der Waals surface area contributed by atoms with Gasteiger partial charge in [-0.3, -0.25) is 0 Å². The average molecular weight is 244 g/mol. The molecule has 0 saturated heterocycles. The van der Waals surface area contributed by atoms with Gasteiger partial charge in [0.15, 0.2) is 0 Å². The van der Waals surface area contributed by atoms with Crippen LogP contribution in [0.2, 0.25) is 0 Å². The zero-order valence-corrected chi connectivity index (χ0v) is 11.4. The molecule has 0 radical (unpaired) electrons. The Balaban J connectivity index is 2.61. The van der Waals surface area contributed by atoms with Crippen LogP contribution in [0.25, 0.3) is 11.1 Å².